The molecule has 28 heavy (non-hydrogen) atoms. The molecule has 3 aromatic rings. The van der Waals surface area contributed by atoms with Crippen LogP contribution in [0.5, 0.6) is 5.75 Å². The molecule has 0 aliphatic carbocycles. The van der Waals surface area contributed by atoms with Gasteiger partial charge in [0, 0.05) is 17.7 Å². The molecule has 0 aliphatic rings. The fourth-order valence-corrected chi connectivity index (χ4v) is 3.05. The molecule has 0 atom stereocenters. The van der Waals surface area contributed by atoms with Crippen LogP contribution in [0.15, 0.2) is 48.5 Å². The average Bonchev–Trinajstić information content (AvgIpc) is 3.10. The highest BCUT2D eigenvalue weighted by Crippen LogP contribution is 2.33. The first-order chi connectivity index (χ1) is 13.5. The number of benzene rings is 2. The van der Waals surface area contributed by atoms with Crippen LogP contribution in [0.2, 0.25) is 0 Å². The number of halogens is 1. The number of unbranched alkanes of at least 4 members (excludes halogenated alkanes) is 1. The molecule has 0 saturated carbocycles. The van der Waals surface area contributed by atoms with Gasteiger partial charge >= 0.3 is 5.97 Å². The van der Waals surface area contributed by atoms with Crippen molar-refractivity contribution in [3.63, 3.8) is 0 Å². The molecule has 0 radical (unpaired) electrons. The molecule has 1 N–H and O–H groups in total. The number of carboxylic acids is 1. The van der Waals surface area contributed by atoms with Gasteiger partial charge in [-0.1, -0.05) is 25.5 Å². The van der Waals surface area contributed by atoms with E-state index in [1.807, 2.05) is 23.7 Å². The number of rotatable bonds is 8. The standard InChI is InChI=1S/C22H23FN2O3/c1-3-5-11-25-20(15-7-6-8-17(23)12-15)14-19(24-25)18-13-16(22(26)27)9-10-21(18)28-4-2/h6-10,12-14H,3-5,11H2,1-2H3,(H,26,27). The summed E-state index contributed by atoms with van der Waals surface area (Å²) in [4.78, 5) is 11.4. The molecule has 0 amide bonds. The lowest BCUT2D eigenvalue weighted by molar-refractivity contribution is 0.0697. The minimum Gasteiger partial charge on any atom is -0.493 e. The summed E-state index contributed by atoms with van der Waals surface area (Å²) >= 11 is 0. The molecule has 1 aromatic heterocycles. The molecule has 0 fully saturated rings. The molecule has 0 saturated heterocycles. The number of ether oxygens (including phenoxy) is 1. The van der Waals surface area contributed by atoms with Crippen molar-refractivity contribution < 1.29 is 19.0 Å². The molecule has 0 bridgehead atoms. The average molecular weight is 382 g/mol. The number of aromatic nitrogens is 2. The van der Waals surface area contributed by atoms with E-state index in [0.29, 0.717) is 30.2 Å². The van der Waals surface area contributed by atoms with Crippen molar-refractivity contribution in [2.24, 2.45) is 0 Å². The minimum atomic E-state index is -1.01. The SMILES string of the molecule is CCCCn1nc(-c2cc(C(=O)O)ccc2OCC)cc1-c1cccc(F)c1. The first-order valence-electron chi connectivity index (χ1n) is 9.37. The molecule has 2 aromatic carbocycles. The van der Waals surface area contributed by atoms with Crippen molar-refractivity contribution in [1.29, 1.82) is 0 Å². The van der Waals surface area contributed by atoms with Crippen LogP contribution in [0.3, 0.4) is 0 Å². The van der Waals surface area contributed by atoms with E-state index in [1.54, 1.807) is 18.2 Å². The maximum Gasteiger partial charge on any atom is 0.335 e. The zero-order chi connectivity index (χ0) is 20.1. The Morgan fingerprint density at radius 3 is 2.68 bits per heavy atom. The number of carboxylic acid groups (broad SMARTS) is 1. The van der Waals surface area contributed by atoms with Gasteiger partial charge in [0.05, 0.1) is 23.6 Å². The maximum absolute atomic E-state index is 13.8. The third kappa shape index (κ3) is 4.22. The predicted molar refractivity (Wildman–Crippen MR) is 106 cm³/mol. The Bertz CT molecular complexity index is 982. The summed E-state index contributed by atoms with van der Waals surface area (Å²) in [5.74, 6) is -0.760. The van der Waals surface area contributed by atoms with Gasteiger partial charge in [0.15, 0.2) is 0 Å². The number of aromatic carboxylic acids is 1. The van der Waals surface area contributed by atoms with E-state index >= 15 is 0 Å². The minimum absolute atomic E-state index is 0.161. The number of aryl methyl sites for hydroxylation is 1. The second-order valence-corrected chi connectivity index (χ2v) is 6.45. The summed E-state index contributed by atoms with van der Waals surface area (Å²) in [6.45, 7) is 5.10. The van der Waals surface area contributed by atoms with Gasteiger partial charge in [-0.05, 0) is 49.7 Å². The van der Waals surface area contributed by atoms with Crippen molar-refractivity contribution >= 4 is 5.97 Å². The van der Waals surface area contributed by atoms with Gasteiger partial charge < -0.3 is 9.84 Å². The number of hydrogen-bond donors (Lipinski definition) is 1. The van der Waals surface area contributed by atoms with Crippen LogP contribution in [0.1, 0.15) is 37.0 Å². The Hall–Kier alpha value is -3.15. The highest BCUT2D eigenvalue weighted by molar-refractivity contribution is 5.90. The Morgan fingerprint density at radius 2 is 2.00 bits per heavy atom. The second-order valence-electron chi connectivity index (χ2n) is 6.45. The largest absolute Gasteiger partial charge is 0.493 e. The van der Waals surface area contributed by atoms with Crippen LogP contribution in [-0.4, -0.2) is 27.5 Å². The molecule has 5 nitrogen and oxygen atoms in total. The van der Waals surface area contributed by atoms with E-state index in [2.05, 4.69) is 12.0 Å². The lowest BCUT2D eigenvalue weighted by atomic mass is 10.1. The predicted octanol–water partition coefficient (Wildman–Crippen LogP) is 5.25. The van der Waals surface area contributed by atoms with Crippen LogP contribution in [0.25, 0.3) is 22.5 Å². The smallest absolute Gasteiger partial charge is 0.335 e. The summed E-state index contributed by atoms with van der Waals surface area (Å²) in [7, 11) is 0. The van der Waals surface area contributed by atoms with Crippen molar-refractivity contribution in [1.82, 2.24) is 9.78 Å². The molecule has 0 aliphatic heterocycles. The zero-order valence-corrected chi connectivity index (χ0v) is 16.0. The van der Waals surface area contributed by atoms with Gasteiger partial charge in [-0.3, -0.25) is 4.68 Å². The summed E-state index contributed by atoms with van der Waals surface area (Å²) in [6.07, 6.45) is 1.92. The van der Waals surface area contributed by atoms with Crippen LogP contribution in [0.4, 0.5) is 4.39 Å². The summed E-state index contributed by atoms with van der Waals surface area (Å²) in [5, 5.41) is 14.0. The van der Waals surface area contributed by atoms with Crippen LogP contribution in [0, 0.1) is 5.82 Å². The van der Waals surface area contributed by atoms with E-state index in [0.717, 1.165) is 24.1 Å². The topological polar surface area (TPSA) is 64.4 Å². The normalized spacial score (nSPS) is 10.8. The number of hydrogen-bond acceptors (Lipinski definition) is 3. The fourth-order valence-electron chi connectivity index (χ4n) is 3.05. The Kier molecular flexibility index (Phi) is 6.09. The number of nitrogens with zero attached hydrogens (tertiary/aromatic N) is 2. The Morgan fingerprint density at radius 1 is 1.18 bits per heavy atom. The monoisotopic (exact) mass is 382 g/mol. The van der Waals surface area contributed by atoms with Crippen molar-refractivity contribution in [2.45, 2.75) is 33.2 Å². The van der Waals surface area contributed by atoms with E-state index in [4.69, 9.17) is 4.74 Å². The number of carbonyl (C=O) groups is 1. The first kappa shape index (κ1) is 19.6. The van der Waals surface area contributed by atoms with E-state index in [1.165, 1.54) is 18.2 Å². The lowest BCUT2D eigenvalue weighted by Gasteiger charge is -2.09. The van der Waals surface area contributed by atoms with E-state index < -0.39 is 5.97 Å². The third-order valence-electron chi connectivity index (χ3n) is 4.43. The summed E-state index contributed by atoms with van der Waals surface area (Å²) < 4.78 is 21.3. The molecular weight excluding hydrogens is 359 g/mol. The molecule has 1 heterocycles. The van der Waals surface area contributed by atoms with Gasteiger partial charge in [0.1, 0.15) is 11.6 Å². The molecule has 0 unspecified atom stereocenters. The summed E-state index contributed by atoms with van der Waals surface area (Å²) in [6, 6.07) is 13.0. The van der Waals surface area contributed by atoms with Gasteiger partial charge in [0.25, 0.3) is 0 Å². The van der Waals surface area contributed by atoms with E-state index in [9.17, 15) is 14.3 Å². The van der Waals surface area contributed by atoms with Crippen molar-refractivity contribution in [3.05, 3.63) is 59.9 Å². The molecule has 0 spiro atoms. The zero-order valence-electron chi connectivity index (χ0n) is 16.0. The molecule has 3 rings (SSSR count). The maximum atomic E-state index is 13.8. The lowest BCUT2D eigenvalue weighted by Crippen LogP contribution is -2.03. The quantitative estimate of drug-likeness (QED) is 0.578. The Balaban J connectivity index is 2.14. The Labute approximate surface area is 163 Å². The third-order valence-corrected chi connectivity index (χ3v) is 4.43. The van der Waals surface area contributed by atoms with Gasteiger partial charge in [-0.2, -0.15) is 5.10 Å². The first-order valence-corrected chi connectivity index (χ1v) is 9.37. The second kappa shape index (κ2) is 8.69. The van der Waals surface area contributed by atoms with Crippen LogP contribution in [-0.2, 0) is 6.54 Å². The van der Waals surface area contributed by atoms with Crippen LogP contribution < -0.4 is 4.74 Å². The van der Waals surface area contributed by atoms with Gasteiger partial charge in [0.2, 0.25) is 0 Å². The highest BCUT2D eigenvalue weighted by Gasteiger charge is 2.17. The molecular formula is C22H23FN2O3. The van der Waals surface area contributed by atoms with Crippen molar-refractivity contribution in [2.75, 3.05) is 6.61 Å². The summed E-state index contributed by atoms with van der Waals surface area (Å²) in [5.41, 5.74) is 2.87. The highest BCUT2D eigenvalue weighted by atomic mass is 19.1. The molecule has 146 valence electrons. The van der Waals surface area contributed by atoms with Crippen LogP contribution >= 0.6 is 0 Å². The molecule has 6 heteroatoms. The van der Waals surface area contributed by atoms with E-state index in [-0.39, 0.29) is 11.4 Å². The van der Waals surface area contributed by atoms with Gasteiger partial charge in [-0.25, -0.2) is 9.18 Å². The fraction of sp³-hybridized carbons (Fsp3) is 0.273. The van der Waals surface area contributed by atoms with Gasteiger partial charge in [-0.15, -0.1) is 0 Å². The van der Waals surface area contributed by atoms with Crippen molar-refractivity contribution in [3.8, 4) is 28.3 Å².